The van der Waals surface area contributed by atoms with Crippen LogP contribution in [0.2, 0.25) is 0 Å². The Morgan fingerprint density at radius 3 is 2.58 bits per heavy atom. The fourth-order valence-electron chi connectivity index (χ4n) is 2.96. The van der Waals surface area contributed by atoms with Gasteiger partial charge in [0.1, 0.15) is 5.82 Å². The van der Waals surface area contributed by atoms with E-state index >= 15 is 0 Å². The molecule has 1 fully saturated rings. The predicted molar refractivity (Wildman–Crippen MR) is 84.9 cm³/mol. The molecule has 0 atom stereocenters. The van der Waals surface area contributed by atoms with Crippen molar-refractivity contribution in [3.8, 4) is 0 Å². The monoisotopic (exact) mass is 369 g/mol. The van der Waals surface area contributed by atoms with Gasteiger partial charge in [-0.25, -0.2) is 4.98 Å². The number of alkyl halides is 3. The molecule has 0 N–H and O–H groups in total. The second-order valence-electron chi connectivity index (χ2n) is 6.21. The van der Waals surface area contributed by atoms with Crippen molar-refractivity contribution >= 4 is 11.7 Å². The summed E-state index contributed by atoms with van der Waals surface area (Å²) in [6, 6.07) is 2.39. The molecule has 1 amide bonds. The highest BCUT2D eigenvalue weighted by Gasteiger charge is 2.32. The van der Waals surface area contributed by atoms with Crippen molar-refractivity contribution in [3.63, 3.8) is 0 Å². The smallest absolute Gasteiger partial charge is 0.357 e. The highest BCUT2D eigenvalue weighted by molar-refractivity contribution is 5.78. The summed E-state index contributed by atoms with van der Waals surface area (Å²) in [7, 11) is 1.68. The third-order valence-corrected chi connectivity index (χ3v) is 4.41. The van der Waals surface area contributed by atoms with Crippen molar-refractivity contribution in [2.24, 2.45) is 5.92 Å². The zero-order valence-electron chi connectivity index (χ0n) is 14.1. The molecule has 140 valence electrons. The highest BCUT2D eigenvalue weighted by atomic mass is 19.4. The number of amides is 1. The van der Waals surface area contributed by atoms with E-state index in [1.54, 1.807) is 11.9 Å². The Labute approximate surface area is 147 Å². The second kappa shape index (κ2) is 7.30. The van der Waals surface area contributed by atoms with Crippen LogP contribution in [0, 0.1) is 5.92 Å². The summed E-state index contributed by atoms with van der Waals surface area (Å²) in [5, 5.41) is 3.68. The summed E-state index contributed by atoms with van der Waals surface area (Å²) < 4.78 is 42.5. The number of hydrogen-bond acceptors (Lipinski definition) is 6. The lowest BCUT2D eigenvalue weighted by atomic mass is 9.95. The first-order valence-corrected chi connectivity index (χ1v) is 8.13. The van der Waals surface area contributed by atoms with Crippen LogP contribution in [-0.2, 0) is 17.5 Å². The Bertz CT molecular complexity index is 725. The molecule has 3 rings (SSSR count). The predicted octanol–water partition coefficient (Wildman–Crippen LogP) is 2.36. The molecule has 26 heavy (non-hydrogen) atoms. The van der Waals surface area contributed by atoms with Crippen LogP contribution in [0.25, 0.3) is 0 Å². The first-order valence-electron chi connectivity index (χ1n) is 8.13. The molecule has 3 heterocycles. The molecule has 1 aliphatic heterocycles. The number of rotatable bonds is 4. The van der Waals surface area contributed by atoms with E-state index in [1.165, 1.54) is 12.5 Å². The van der Waals surface area contributed by atoms with Gasteiger partial charge in [0.05, 0.1) is 12.1 Å². The molecule has 0 saturated carbocycles. The third-order valence-electron chi connectivity index (χ3n) is 4.41. The standard InChI is InChI=1S/C16H18F3N5O2/c1-23(9-13-21-10-26-22-13)15(25)11-4-6-24(7-5-11)14-3-2-12(8-20-14)16(17,18)19/h2-3,8,10-11H,4-7,9H2,1H3. The van der Waals surface area contributed by atoms with Crippen LogP contribution in [0.1, 0.15) is 24.2 Å². The average molecular weight is 369 g/mol. The van der Waals surface area contributed by atoms with Crippen LogP contribution < -0.4 is 4.90 Å². The minimum Gasteiger partial charge on any atom is -0.357 e. The summed E-state index contributed by atoms with van der Waals surface area (Å²) in [5.41, 5.74) is -0.769. The fourth-order valence-corrected chi connectivity index (χ4v) is 2.96. The SMILES string of the molecule is CN(Cc1ncon1)C(=O)C1CCN(c2ccc(C(F)(F)F)cn2)CC1. The van der Waals surface area contributed by atoms with Crippen LogP contribution >= 0.6 is 0 Å². The van der Waals surface area contributed by atoms with E-state index < -0.39 is 11.7 Å². The van der Waals surface area contributed by atoms with Gasteiger partial charge >= 0.3 is 6.18 Å². The Hall–Kier alpha value is -2.65. The maximum absolute atomic E-state index is 12.6. The molecule has 1 aliphatic rings. The van der Waals surface area contributed by atoms with E-state index in [1.807, 2.05) is 4.90 Å². The lowest BCUT2D eigenvalue weighted by Crippen LogP contribution is -2.41. The first-order chi connectivity index (χ1) is 12.3. The maximum atomic E-state index is 12.6. The molecular weight excluding hydrogens is 351 g/mol. The van der Waals surface area contributed by atoms with Crippen molar-refractivity contribution in [1.82, 2.24) is 20.0 Å². The second-order valence-corrected chi connectivity index (χ2v) is 6.21. The molecule has 0 aromatic carbocycles. The average Bonchev–Trinajstić information content (AvgIpc) is 3.13. The lowest BCUT2D eigenvalue weighted by Gasteiger charge is -2.33. The Balaban J connectivity index is 1.54. The Morgan fingerprint density at radius 2 is 2.04 bits per heavy atom. The molecule has 0 spiro atoms. The van der Waals surface area contributed by atoms with Crippen LogP contribution in [0.15, 0.2) is 29.2 Å². The number of carbonyl (C=O) groups excluding carboxylic acids is 1. The molecule has 0 aliphatic carbocycles. The summed E-state index contributed by atoms with van der Waals surface area (Å²) in [4.78, 5) is 23.8. The number of carbonyl (C=O) groups is 1. The molecule has 0 bridgehead atoms. The summed E-state index contributed by atoms with van der Waals surface area (Å²) >= 11 is 0. The van der Waals surface area contributed by atoms with Crippen molar-refractivity contribution in [3.05, 3.63) is 36.1 Å². The molecule has 2 aromatic heterocycles. The van der Waals surface area contributed by atoms with Crippen molar-refractivity contribution < 1.29 is 22.5 Å². The minimum atomic E-state index is -4.39. The van der Waals surface area contributed by atoms with Gasteiger partial charge in [0, 0.05) is 32.3 Å². The van der Waals surface area contributed by atoms with E-state index in [2.05, 4.69) is 19.6 Å². The van der Waals surface area contributed by atoms with Gasteiger partial charge in [0.15, 0.2) is 5.82 Å². The largest absolute Gasteiger partial charge is 0.417 e. The number of hydrogen-bond donors (Lipinski definition) is 0. The van der Waals surface area contributed by atoms with Crippen LogP contribution in [-0.4, -0.2) is 46.1 Å². The number of pyridine rings is 1. The number of nitrogens with zero attached hydrogens (tertiary/aromatic N) is 5. The fraction of sp³-hybridized carbons (Fsp3) is 0.500. The van der Waals surface area contributed by atoms with Gasteiger partial charge in [-0.2, -0.15) is 18.2 Å². The van der Waals surface area contributed by atoms with E-state index in [9.17, 15) is 18.0 Å². The Kier molecular flexibility index (Phi) is 5.10. The summed E-state index contributed by atoms with van der Waals surface area (Å²) in [5.74, 6) is 0.781. The van der Waals surface area contributed by atoms with E-state index in [4.69, 9.17) is 0 Å². The zero-order valence-corrected chi connectivity index (χ0v) is 14.1. The maximum Gasteiger partial charge on any atom is 0.417 e. The Morgan fingerprint density at radius 1 is 1.31 bits per heavy atom. The molecule has 2 aromatic rings. The molecular formula is C16H18F3N5O2. The highest BCUT2D eigenvalue weighted by Crippen LogP contribution is 2.30. The normalized spacial score (nSPS) is 15.9. The lowest BCUT2D eigenvalue weighted by molar-refractivity contribution is -0.138. The van der Waals surface area contributed by atoms with Gasteiger partial charge in [-0.05, 0) is 25.0 Å². The number of halogens is 3. The van der Waals surface area contributed by atoms with Gasteiger partial charge in [0.25, 0.3) is 0 Å². The minimum absolute atomic E-state index is 0.00479. The van der Waals surface area contributed by atoms with Crippen LogP contribution in [0.5, 0.6) is 0 Å². The van der Waals surface area contributed by atoms with Crippen LogP contribution in [0.4, 0.5) is 19.0 Å². The third kappa shape index (κ3) is 4.12. The van der Waals surface area contributed by atoms with Gasteiger partial charge < -0.3 is 14.3 Å². The van der Waals surface area contributed by atoms with Crippen molar-refractivity contribution in [1.29, 1.82) is 0 Å². The number of piperidine rings is 1. The molecule has 0 radical (unpaired) electrons. The van der Waals surface area contributed by atoms with Gasteiger partial charge in [0.2, 0.25) is 12.3 Å². The van der Waals surface area contributed by atoms with Gasteiger partial charge in [-0.3, -0.25) is 4.79 Å². The quantitative estimate of drug-likeness (QED) is 0.824. The zero-order chi connectivity index (χ0) is 18.7. The van der Waals surface area contributed by atoms with Gasteiger partial charge in [-0.15, -0.1) is 0 Å². The van der Waals surface area contributed by atoms with Gasteiger partial charge in [-0.1, -0.05) is 5.16 Å². The van der Waals surface area contributed by atoms with E-state index in [0.29, 0.717) is 37.6 Å². The molecule has 0 unspecified atom stereocenters. The number of anilines is 1. The molecule has 7 nitrogen and oxygen atoms in total. The van der Waals surface area contributed by atoms with Crippen molar-refractivity contribution in [2.75, 3.05) is 25.0 Å². The van der Waals surface area contributed by atoms with Crippen molar-refractivity contribution in [2.45, 2.75) is 25.6 Å². The van der Waals surface area contributed by atoms with E-state index in [-0.39, 0.29) is 18.4 Å². The summed E-state index contributed by atoms with van der Waals surface area (Å²) in [6.07, 6.45) is -1.13. The topological polar surface area (TPSA) is 75.4 Å². The summed E-state index contributed by atoms with van der Waals surface area (Å²) in [6.45, 7) is 1.39. The number of aromatic nitrogens is 3. The van der Waals surface area contributed by atoms with E-state index in [0.717, 1.165) is 12.3 Å². The molecule has 1 saturated heterocycles. The first kappa shape index (κ1) is 18.2. The molecule has 10 heteroatoms. The van der Waals surface area contributed by atoms with Crippen LogP contribution in [0.3, 0.4) is 0 Å².